The number of fused-ring (bicyclic) bond motifs is 1. The number of ether oxygens (including phenoxy) is 2. The molecule has 2 aromatic carbocycles. The molecule has 0 N–H and O–H groups in total. The molecule has 0 aromatic heterocycles. The van der Waals surface area contributed by atoms with Gasteiger partial charge in [0.15, 0.2) is 12.1 Å². The Morgan fingerprint density at radius 1 is 1.19 bits per heavy atom. The molecule has 26 heavy (non-hydrogen) atoms. The summed E-state index contributed by atoms with van der Waals surface area (Å²) in [5, 5.41) is 0. The van der Waals surface area contributed by atoms with Crippen LogP contribution in [0.1, 0.15) is 24.1 Å². The van der Waals surface area contributed by atoms with Crippen molar-refractivity contribution < 1.29 is 23.5 Å². The van der Waals surface area contributed by atoms with E-state index in [1.54, 1.807) is 13.0 Å². The summed E-state index contributed by atoms with van der Waals surface area (Å²) in [5.41, 5.74) is 1.78. The molecule has 0 unspecified atom stereocenters. The maximum absolute atomic E-state index is 13.3. The third kappa shape index (κ3) is 3.54. The van der Waals surface area contributed by atoms with E-state index < -0.39 is 23.9 Å². The van der Waals surface area contributed by atoms with E-state index in [0.717, 1.165) is 11.1 Å². The summed E-state index contributed by atoms with van der Waals surface area (Å²) in [6, 6.07) is 12.3. The third-order valence-corrected chi connectivity index (χ3v) is 4.45. The van der Waals surface area contributed by atoms with E-state index in [4.69, 9.17) is 9.47 Å². The van der Waals surface area contributed by atoms with Crippen LogP contribution in [0.25, 0.3) is 0 Å². The summed E-state index contributed by atoms with van der Waals surface area (Å²) in [6.07, 6.45) is -0.225. The van der Waals surface area contributed by atoms with Crippen LogP contribution < -0.4 is 4.74 Å². The molecule has 3 rings (SSSR count). The van der Waals surface area contributed by atoms with Crippen LogP contribution >= 0.6 is 0 Å². The Morgan fingerprint density at radius 3 is 2.69 bits per heavy atom. The van der Waals surface area contributed by atoms with Crippen LogP contribution in [0, 0.1) is 5.82 Å². The largest absolute Gasteiger partial charge is 0.481 e. The van der Waals surface area contributed by atoms with E-state index >= 15 is 0 Å². The minimum atomic E-state index is -0.866. The summed E-state index contributed by atoms with van der Waals surface area (Å²) in [7, 11) is 1.30. The molecule has 1 heterocycles. The number of rotatable bonds is 4. The first-order valence-electron chi connectivity index (χ1n) is 8.39. The van der Waals surface area contributed by atoms with Gasteiger partial charge < -0.3 is 14.4 Å². The highest BCUT2D eigenvalue weighted by Gasteiger charge is 2.38. The number of amides is 1. The van der Waals surface area contributed by atoms with Gasteiger partial charge in [0.05, 0.1) is 7.11 Å². The predicted octanol–water partition coefficient (Wildman–Crippen LogP) is 2.89. The summed E-state index contributed by atoms with van der Waals surface area (Å²) in [4.78, 5) is 26.8. The topological polar surface area (TPSA) is 55.8 Å². The first-order chi connectivity index (χ1) is 12.5. The fourth-order valence-corrected chi connectivity index (χ4v) is 3.20. The van der Waals surface area contributed by atoms with Crippen molar-refractivity contribution in [2.24, 2.45) is 0 Å². The standard InChI is InChI=1S/C20H20FNO4/c1-13(26-16-8-5-7-15(21)12-16)19(23)22-11-10-14-6-3-4-9-17(14)18(22)20(24)25-2/h3-9,12-13,18H,10-11H2,1-2H3/t13-,18-/m0/s1. The molecule has 0 fully saturated rings. The average molecular weight is 357 g/mol. The first kappa shape index (κ1) is 17.9. The molecule has 136 valence electrons. The monoisotopic (exact) mass is 357 g/mol. The Labute approximate surface area is 151 Å². The third-order valence-electron chi connectivity index (χ3n) is 4.45. The summed E-state index contributed by atoms with van der Waals surface area (Å²) in [6.45, 7) is 1.97. The van der Waals surface area contributed by atoms with Crippen LogP contribution in [-0.4, -0.2) is 36.5 Å². The number of hydrogen-bond acceptors (Lipinski definition) is 4. The summed E-state index contributed by atoms with van der Waals surface area (Å²) in [5.74, 6) is -1.03. The summed E-state index contributed by atoms with van der Waals surface area (Å²) < 4.78 is 23.8. The molecule has 0 aliphatic carbocycles. The smallest absolute Gasteiger partial charge is 0.333 e. The number of carbonyl (C=O) groups excluding carboxylic acids is 2. The van der Waals surface area contributed by atoms with Crippen LogP contribution in [0.4, 0.5) is 4.39 Å². The Balaban J connectivity index is 1.84. The van der Waals surface area contributed by atoms with Crippen LogP contribution in [0.5, 0.6) is 5.75 Å². The first-order valence-corrected chi connectivity index (χ1v) is 8.39. The maximum Gasteiger partial charge on any atom is 0.333 e. The Morgan fingerprint density at radius 2 is 1.96 bits per heavy atom. The van der Waals surface area contributed by atoms with Crippen molar-refractivity contribution in [3.8, 4) is 5.75 Å². The molecular weight excluding hydrogens is 337 g/mol. The van der Waals surface area contributed by atoms with E-state index in [1.165, 1.54) is 30.2 Å². The lowest BCUT2D eigenvalue weighted by Crippen LogP contribution is -2.48. The minimum Gasteiger partial charge on any atom is -0.481 e. The highest BCUT2D eigenvalue weighted by molar-refractivity contribution is 5.88. The van der Waals surface area contributed by atoms with Crippen molar-refractivity contribution >= 4 is 11.9 Å². The zero-order valence-electron chi connectivity index (χ0n) is 14.6. The second-order valence-corrected chi connectivity index (χ2v) is 6.12. The van der Waals surface area contributed by atoms with E-state index in [2.05, 4.69) is 0 Å². The highest BCUT2D eigenvalue weighted by Crippen LogP contribution is 2.31. The number of halogens is 1. The van der Waals surface area contributed by atoms with Crippen LogP contribution in [0.15, 0.2) is 48.5 Å². The fraction of sp³-hybridized carbons (Fsp3) is 0.300. The molecule has 5 nitrogen and oxygen atoms in total. The number of carbonyl (C=O) groups is 2. The van der Waals surface area contributed by atoms with E-state index in [9.17, 15) is 14.0 Å². The SMILES string of the molecule is COC(=O)[C@@H]1c2ccccc2CCN1C(=O)[C@H](C)Oc1cccc(F)c1. The van der Waals surface area contributed by atoms with Gasteiger partial charge in [0.25, 0.3) is 5.91 Å². The minimum absolute atomic E-state index is 0.262. The van der Waals surface area contributed by atoms with Crippen LogP contribution in [0.3, 0.4) is 0 Å². The quantitative estimate of drug-likeness (QED) is 0.790. The molecular formula is C20H20FNO4. The molecule has 0 spiro atoms. The summed E-state index contributed by atoms with van der Waals surface area (Å²) >= 11 is 0. The molecule has 2 aromatic rings. The van der Waals surface area contributed by atoms with Crippen LogP contribution in [-0.2, 0) is 20.7 Å². The zero-order chi connectivity index (χ0) is 18.7. The zero-order valence-corrected chi connectivity index (χ0v) is 14.6. The van der Waals surface area contributed by atoms with Gasteiger partial charge in [-0.25, -0.2) is 9.18 Å². The fourth-order valence-electron chi connectivity index (χ4n) is 3.20. The van der Waals surface area contributed by atoms with Crippen LogP contribution in [0.2, 0.25) is 0 Å². The number of benzene rings is 2. The molecule has 0 saturated carbocycles. The van der Waals surface area contributed by atoms with E-state index in [1.807, 2.05) is 24.3 Å². The molecule has 1 aliphatic heterocycles. The van der Waals surface area contributed by atoms with Crippen molar-refractivity contribution in [3.63, 3.8) is 0 Å². The number of nitrogens with zero attached hydrogens (tertiary/aromatic N) is 1. The van der Waals surface area contributed by atoms with Crippen molar-refractivity contribution in [1.29, 1.82) is 0 Å². The van der Waals surface area contributed by atoms with E-state index in [0.29, 0.717) is 13.0 Å². The Hall–Kier alpha value is -2.89. The van der Waals surface area contributed by atoms with Gasteiger partial charge in [0.2, 0.25) is 0 Å². The molecule has 0 radical (unpaired) electrons. The van der Waals surface area contributed by atoms with Gasteiger partial charge in [0.1, 0.15) is 11.6 Å². The predicted molar refractivity (Wildman–Crippen MR) is 93.1 cm³/mol. The molecule has 1 aliphatic rings. The molecule has 2 atom stereocenters. The van der Waals surface area contributed by atoms with Crippen molar-refractivity contribution in [3.05, 3.63) is 65.5 Å². The molecule has 6 heteroatoms. The number of esters is 1. The second kappa shape index (κ2) is 7.56. The lowest BCUT2D eigenvalue weighted by molar-refractivity contribution is -0.156. The normalized spacial score (nSPS) is 17.2. The Bertz CT molecular complexity index is 823. The second-order valence-electron chi connectivity index (χ2n) is 6.12. The highest BCUT2D eigenvalue weighted by atomic mass is 19.1. The lowest BCUT2D eigenvalue weighted by Gasteiger charge is -2.36. The Kier molecular flexibility index (Phi) is 5.21. The maximum atomic E-state index is 13.3. The molecule has 1 amide bonds. The van der Waals surface area contributed by atoms with Gasteiger partial charge in [-0.3, -0.25) is 4.79 Å². The van der Waals surface area contributed by atoms with Gasteiger partial charge in [0, 0.05) is 12.6 Å². The van der Waals surface area contributed by atoms with Gasteiger partial charge >= 0.3 is 5.97 Å². The van der Waals surface area contributed by atoms with Gasteiger partial charge in [-0.05, 0) is 36.6 Å². The molecule has 0 bridgehead atoms. The number of hydrogen-bond donors (Lipinski definition) is 0. The van der Waals surface area contributed by atoms with E-state index in [-0.39, 0.29) is 11.7 Å². The van der Waals surface area contributed by atoms with Gasteiger partial charge in [-0.1, -0.05) is 30.3 Å². The van der Waals surface area contributed by atoms with Crippen molar-refractivity contribution in [2.75, 3.05) is 13.7 Å². The van der Waals surface area contributed by atoms with Crippen molar-refractivity contribution in [2.45, 2.75) is 25.5 Å². The van der Waals surface area contributed by atoms with Gasteiger partial charge in [-0.15, -0.1) is 0 Å². The molecule has 0 saturated heterocycles. The van der Waals surface area contributed by atoms with Gasteiger partial charge in [-0.2, -0.15) is 0 Å². The lowest BCUT2D eigenvalue weighted by atomic mass is 9.92. The average Bonchev–Trinajstić information content (AvgIpc) is 2.65. The number of methoxy groups -OCH3 is 1. The van der Waals surface area contributed by atoms with Crippen molar-refractivity contribution in [1.82, 2.24) is 4.90 Å².